The maximum Gasteiger partial charge on any atom is 0.338 e. The molecule has 5 atom stereocenters. The van der Waals surface area contributed by atoms with Crippen LogP contribution in [0, 0.1) is 0 Å². The van der Waals surface area contributed by atoms with Crippen molar-refractivity contribution >= 4 is 17.7 Å². The molecule has 268 valence electrons. The fraction of sp³-hybridized carbons (Fsp3) is 0.182. The van der Waals surface area contributed by atoms with Gasteiger partial charge in [-0.15, -0.1) is 0 Å². The summed E-state index contributed by atoms with van der Waals surface area (Å²) in [5.41, 5.74) is -2.88. The Balaban J connectivity index is 1.55. The first-order valence-electron chi connectivity index (χ1n) is 14.5. The second-order valence-corrected chi connectivity index (χ2v) is 11.2. The van der Waals surface area contributed by atoms with Crippen molar-refractivity contribution in [2.45, 2.75) is 30.5 Å². The summed E-state index contributed by atoms with van der Waals surface area (Å²) in [7, 11) is 0. The lowest BCUT2D eigenvalue weighted by atomic mass is 9.88. The highest BCUT2D eigenvalue weighted by molar-refractivity contribution is 6.13. The molecule has 1 saturated heterocycles. The Bertz CT molecular complexity index is 1980. The molecule has 0 aliphatic carbocycles. The smallest absolute Gasteiger partial charge is 0.338 e. The fourth-order valence-electron chi connectivity index (χ4n) is 5.24. The van der Waals surface area contributed by atoms with E-state index >= 15 is 0 Å². The standard InChI is InChI=1S/C33H28O18/c34-14-3-1-11(2-4-14)24(41)22-15(35)9-16(36)23(28(22)45)30-31(51-33(48)13-7-19(39)26(43)20(40)8-13)29(46)27(44)21(50-30)10-49-32(47)12-5-17(37)25(42)18(38)6-12/h1-9,21,27,29-31,34-40,42-46H,10H2. The maximum atomic E-state index is 13.4. The number of phenols is 10. The zero-order chi connectivity index (χ0) is 37.5. The summed E-state index contributed by atoms with van der Waals surface area (Å²) >= 11 is 0. The highest BCUT2D eigenvalue weighted by Crippen LogP contribution is 2.48. The van der Waals surface area contributed by atoms with Gasteiger partial charge in [-0.05, 0) is 48.5 Å². The highest BCUT2D eigenvalue weighted by atomic mass is 16.6. The van der Waals surface area contributed by atoms with Crippen LogP contribution in [0.1, 0.15) is 48.3 Å². The van der Waals surface area contributed by atoms with Gasteiger partial charge in [0.2, 0.25) is 5.78 Å². The molecular weight excluding hydrogens is 684 g/mol. The molecule has 4 aromatic carbocycles. The Morgan fingerprint density at radius 1 is 0.588 bits per heavy atom. The third-order valence-electron chi connectivity index (χ3n) is 7.86. The first-order valence-corrected chi connectivity index (χ1v) is 14.5. The molecule has 0 saturated carbocycles. The number of benzene rings is 4. The number of carbonyl (C=O) groups excluding carboxylic acids is 3. The van der Waals surface area contributed by atoms with E-state index in [1.54, 1.807) is 0 Å². The van der Waals surface area contributed by atoms with Gasteiger partial charge >= 0.3 is 11.9 Å². The lowest BCUT2D eigenvalue weighted by molar-refractivity contribution is -0.232. The summed E-state index contributed by atoms with van der Waals surface area (Å²) in [5, 5.41) is 123. The number of aliphatic hydroxyl groups excluding tert-OH is 2. The summed E-state index contributed by atoms with van der Waals surface area (Å²) in [6.07, 6.45) is -10.3. The van der Waals surface area contributed by atoms with Gasteiger partial charge < -0.3 is 75.5 Å². The van der Waals surface area contributed by atoms with Crippen LogP contribution in [-0.2, 0) is 14.2 Å². The number of rotatable bonds is 8. The van der Waals surface area contributed by atoms with Crippen LogP contribution in [0.25, 0.3) is 0 Å². The quantitative estimate of drug-likeness (QED) is 0.0694. The molecule has 0 bridgehead atoms. The SMILES string of the molecule is O=C(OCC1OC(c2c(O)cc(O)c(C(=O)c3ccc(O)cc3)c2O)C(OC(=O)c2cc(O)c(O)c(O)c2)C(O)C1O)c1cc(O)c(O)c(O)c1. The van der Waals surface area contributed by atoms with Gasteiger partial charge in [-0.2, -0.15) is 0 Å². The number of aromatic hydroxyl groups is 10. The third-order valence-corrected chi connectivity index (χ3v) is 7.86. The van der Waals surface area contributed by atoms with Crippen molar-refractivity contribution < 1.29 is 89.9 Å². The summed E-state index contributed by atoms with van der Waals surface area (Å²) in [6, 6.07) is 7.97. The van der Waals surface area contributed by atoms with Gasteiger partial charge in [0.1, 0.15) is 59.6 Å². The molecule has 0 radical (unpaired) electrons. The predicted octanol–water partition coefficient (Wildman–Crippen LogP) is 1.22. The summed E-state index contributed by atoms with van der Waals surface area (Å²) < 4.78 is 16.2. The molecule has 0 amide bonds. The lowest BCUT2D eigenvalue weighted by Crippen LogP contribution is -2.57. The normalized spacial score (nSPS) is 20.0. The van der Waals surface area contributed by atoms with Crippen molar-refractivity contribution in [3.05, 3.63) is 82.4 Å². The van der Waals surface area contributed by atoms with Gasteiger partial charge in [0.05, 0.1) is 16.7 Å². The van der Waals surface area contributed by atoms with Crippen molar-refractivity contribution in [1.82, 2.24) is 0 Å². The molecule has 0 spiro atoms. The average molecular weight is 713 g/mol. The molecular formula is C33H28O18. The Morgan fingerprint density at radius 3 is 1.63 bits per heavy atom. The van der Waals surface area contributed by atoms with Gasteiger partial charge in [-0.25, -0.2) is 9.59 Å². The second kappa shape index (κ2) is 13.7. The van der Waals surface area contributed by atoms with Crippen LogP contribution in [0.4, 0.5) is 0 Å². The Morgan fingerprint density at radius 2 is 1.10 bits per heavy atom. The van der Waals surface area contributed by atoms with E-state index in [0.717, 1.165) is 36.4 Å². The Kier molecular flexibility index (Phi) is 9.59. The van der Waals surface area contributed by atoms with Crippen LogP contribution in [-0.4, -0.2) is 110 Å². The average Bonchev–Trinajstić information content (AvgIpc) is 3.07. The molecule has 1 heterocycles. The first kappa shape index (κ1) is 35.7. The van der Waals surface area contributed by atoms with Crippen molar-refractivity contribution in [1.29, 1.82) is 0 Å². The minimum atomic E-state index is -2.22. The molecule has 18 nitrogen and oxygen atoms in total. The first-order chi connectivity index (χ1) is 24.0. The monoisotopic (exact) mass is 712 g/mol. The predicted molar refractivity (Wildman–Crippen MR) is 165 cm³/mol. The summed E-state index contributed by atoms with van der Waals surface area (Å²) in [6.45, 7) is -0.935. The molecule has 1 aliphatic rings. The Hall–Kier alpha value is -6.63. The third kappa shape index (κ3) is 6.81. The number of aliphatic hydroxyl groups is 2. The van der Waals surface area contributed by atoms with E-state index < -0.39 is 129 Å². The number of ketones is 1. The zero-order valence-electron chi connectivity index (χ0n) is 25.6. The van der Waals surface area contributed by atoms with E-state index in [1.807, 2.05) is 0 Å². The lowest BCUT2D eigenvalue weighted by Gasteiger charge is -2.42. The fourth-order valence-corrected chi connectivity index (χ4v) is 5.24. The van der Waals surface area contributed by atoms with Crippen LogP contribution in [0.2, 0.25) is 0 Å². The maximum absolute atomic E-state index is 13.4. The van der Waals surface area contributed by atoms with E-state index in [0.29, 0.717) is 18.2 Å². The molecule has 12 N–H and O–H groups in total. The zero-order valence-corrected chi connectivity index (χ0v) is 25.6. The van der Waals surface area contributed by atoms with E-state index in [-0.39, 0.29) is 11.3 Å². The van der Waals surface area contributed by atoms with Gasteiger partial charge in [0.25, 0.3) is 0 Å². The van der Waals surface area contributed by atoms with Crippen LogP contribution < -0.4 is 0 Å². The van der Waals surface area contributed by atoms with Crippen LogP contribution >= 0.6 is 0 Å². The van der Waals surface area contributed by atoms with Gasteiger partial charge in [-0.1, -0.05) is 0 Å². The molecule has 1 aliphatic heterocycles. The molecule has 0 aromatic heterocycles. The number of carbonyl (C=O) groups is 3. The second-order valence-electron chi connectivity index (χ2n) is 11.2. The van der Waals surface area contributed by atoms with Crippen molar-refractivity contribution in [2.24, 2.45) is 0 Å². The van der Waals surface area contributed by atoms with E-state index in [1.165, 1.54) is 0 Å². The van der Waals surface area contributed by atoms with E-state index in [4.69, 9.17) is 14.2 Å². The van der Waals surface area contributed by atoms with Crippen molar-refractivity contribution in [3.8, 4) is 57.5 Å². The van der Waals surface area contributed by atoms with Crippen LogP contribution in [0.15, 0.2) is 54.6 Å². The number of hydrogen-bond donors (Lipinski definition) is 12. The molecule has 51 heavy (non-hydrogen) atoms. The van der Waals surface area contributed by atoms with Crippen LogP contribution in [0.3, 0.4) is 0 Å². The van der Waals surface area contributed by atoms with Crippen molar-refractivity contribution in [2.75, 3.05) is 6.61 Å². The van der Waals surface area contributed by atoms with E-state index in [2.05, 4.69) is 0 Å². The molecule has 1 fully saturated rings. The largest absolute Gasteiger partial charge is 0.508 e. The van der Waals surface area contributed by atoms with Crippen LogP contribution in [0.5, 0.6) is 57.5 Å². The van der Waals surface area contributed by atoms with Gasteiger partial charge in [-0.3, -0.25) is 4.79 Å². The molecule has 5 unspecified atom stereocenters. The van der Waals surface area contributed by atoms with Gasteiger partial charge in [0.15, 0.2) is 40.6 Å². The summed E-state index contributed by atoms with van der Waals surface area (Å²) in [4.78, 5) is 39.2. The topological polar surface area (TPSA) is 322 Å². The minimum absolute atomic E-state index is 0.166. The van der Waals surface area contributed by atoms with Gasteiger partial charge in [0, 0.05) is 11.6 Å². The Labute approximate surface area is 284 Å². The van der Waals surface area contributed by atoms with E-state index in [9.17, 15) is 75.7 Å². The number of ether oxygens (including phenoxy) is 3. The summed E-state index contributed by atoms with van der Waals surface area (Å²) in [5.74, 6) is -12.7. The molecule has 4 aromatic rings. The molecule has 18 heteroatoms. The molecule has 5 rings (SSSR count). The number of esters is 2. The number of phenolic OH excluding ortho intramolecular Hbond substituents is 10. The highest BCUT2D eigenvalue weighted by Gasteiger charge is 2.50. The van der Waals surface area contributed by atoms with Crippen molar-refractivity contribution in [3.63, 3.8) is 0 Å². The number of hydrogen-bond acceptors (Lipinski definition) is 18. The minimum Gasteiger partial charge on any atom is -0.508 e.